The van der Waals surface area contributed by atoms with E-state index in [9.17, 15) is 0 Å². The Labute approximate surface area is 195 Å². The minimum Gasteiger partial charge on any atom is -0.385 e. The Morgan fingerprint density at radius 3 is 1.90 bits per heavy atom. The maximum Gasteiger partial charge on any atom is 0.0343 e. The molecule has 0 unspecified atom stereocenters. The van der Waals surface area contributed by atoms with Crippen LogP contribution in [-0.4, -0.2) is 6.54 Å². The summed E-state index contributed by atoms with van der Waals surface area (Å²) in [5.41, 5.74) is 4.99. The lowest BCUT2D eigenvalue weighted by Crippen LogP contribution is -2.30. The zero-order chi connectivity index (χ0) is 22.2. The number of rotatable bonds is 17. The van der Waals surface area contributed by atoms with Gasteiger partial charge in [-0.2, -0.15) is 0 Å². The van der Waals surface area contributed by atoms with Gasteiger partial charge < -0.3 is 5.32 Å². The van der Waals surface area contributed by atoms with Gasteiger partial charge >= 0.3 is 0 Å². The van der Waals surface area contributed by atoms with Crippen LogP contribution in [0.2, 0.25) is 0 Å². The molecule has 0 amide bonds. The lowest BCUT2D eigenvalue weighted by atomic mass is 9.65. The van der Waals surface area contributed by atoms with Crippen LogP contribution in [0.15, 0.2) is 18.2 Å². The molecule has 1 fully saturated rings. The fraction of sp³-hybridized carbons (Fsp3) is 0.800. The number of hydrogen-bond donors (Lipinski definition) is 1. The third-order valence-electron chi connectivity index (χ3n) is 7.73. The first-order chi connectivity index (χ1) is 15.2. The summed E-state index contributed by atoms with van der Waals surface area (Å²) in [6, 6.07) is 7.31. The molecular formula is C30H53N. The van der Waals surface area contributed by atoms with E-state index in [4.69, 9.17) is 0 Å². The van der Waals surface area contributed by atoms with Gasteiger partial charge in [-0.25, -0.2) is 0 Å². The third kappa shape index (κ3) is 9.58. The average molecular weight is 428 g/mol. The number of anilines is 1. The van der Waals surface area contributed by atoms with Gasteiger partial charge in [-0.15, -0.1) is 0 Å². The van der Waals surface area contributed by atoms with Crippen LogP contribution in [-0.2, 0) is 5.41 Å². The third-order valence-corrected chi connectivity index (χ3v) is 7.73. The number of nitrogens with one attached hydrogen (secondary N) is 1. The smallest absolute Gasteiger partial charge is 0.0343 e. The van der Waals surface area contributed by atoms with E-state index in [2.05, 4.69) is 44.3 Å². The summed E-state index contributed by atoms with van der Waals surface area (Å²) in [7, 11) is 0. The van der Waals surface area contributed by atoms with Crippen LogP contribution in [0.4, 0.5) is 5.69 Å². The summed E-state index contributed by atoms with van der Waals surface area (Å²) in [5.74, 6) is 0. The molecule has 2 rings (SSSR count). The molecule has 1 N–H and O–H groups in total. The van der Waals surface area contributed by atoms with Crippen molar-refractivity contribution < 1.29 is 0 Å². The molecule has 1 aliphatic carbocycles. The predicted octanol–water partition coefficient (Wildman–Crippen LogP) is 10.1. The predicted molar refractivity (Wildman–Crippen MR) is 140 cm³/mol. The van der Waals surface area contributed by atoms with Crippen molar-refractivity contribution in [3.05, 3.63) is 29.3 Å². The molecule has 178 valence electrons. The summed E-state index contributed by atoms with van der Waals surface area (Å²) in [6.07, 6.45) is 26.7. The highest BCUT2D eigenvalue weighted by atomic mass is 14.9. The SMILES string of the molecule is CCCCCCCCCC1(c2ccc(NCCCCCCCC)cc2C)CCCCC1. The van der Waals surface area contributed by atoms with E-state index in [0.29, 0.717) is 5.41 Å². The molecule has 1 aromatic rings. The second-order valence-corrected chi connectivity index (χ2v) is 10.4. The van der Waals surface area contributed by atoms with E-state index in [-0.39, 0.29) is 0 Å². The molecule has 0 aliphatic heterocycles. The van der Waals surface area contributed by atoms with Gasteiger partial charge in [-0.1, -0.05) is 116 Å². The van der Waals surface area contributed by atoms with Gasteiger partial charge in [0.25, 0.3) is 0 Å². The van der Waals surface area contributed by atoms with E-state index in [1.807, 2.05) is 0 Å². The monoisotopic (exact) mass is 427 g/mol. The fourth-order valence-corrected chi connectivity index (χ4v) is 5.81. The zero-order valence-corrected chi connectivity index (χ0v) is 21.4. The number of aryl methyl sites for hydroxylation is 1. The first-order valence-electron chi connectivity index (χ1n) is 14.1. The van der Waals surface area contributed by atoms with Crippen molar-refractivity contribution in [2.45, 2.75) is 148 Å². The molecule has 0 atom stereocenters. The molecular weight excluding hydrogens is 374 g/mol. The van der Waals surface area contributed by atoms with Gasteiger partial charge in [0, 0.05) is 12.2 Å². The van der Waals surface area contributed by atoms with Crippen molar-refractivity contribution in [3.8, 4) is 0 Å². The Hall–Kier alpha value is -0.980. The van der Waals surface area contributed by atoms with E-state index >= 15 is 0 Å². The highest BCUT2D eigenvalue weighted by molar-refractivity contribution is 5.50. The van der Waals surface area contributed by atoms with Gasteiger partial charge in [0.15, 0.2) is 0 Å². The van der Waals surface area contributed by atoms with Crippen molar-refractivity contribution in [3.63, 3.8) is 0 Å². The summed E-state index contributed by atoms with van der Waals surface area (Å²) < 4.78 is 0. The van der Waals surface area contributed by atoms with Gasteiger partial charge in [-0.3, -0.25) is 0 Å². The summed E-state index contributed by atoms with van der Waals surface area (Å²) in [4.78, 5) is 0. The molecule has 1 heteroatoms. The number of unbranched alkanes of at least 4 members (excludes halogenated alkanes) is 11. The Balaban J connectivity index is 1.84. The van der Waals surface area contributed by atoms with Crippen LogP contribution in [0.5, 0.6) is 0 Å². The van der Waals surface area contributed by atoms with Crippen LogP contribution >= 0.6 is 0 Å². The summed E-state index contributed by atoms with van der Waals surface area (Å²) in [5, 5.41) is 3.70. The highest BCUT2D eigenvalue weighted by Gasteiger charge is 2.34. The molecule has 1 nitrogen and oxygen atoms in total. The molecule has 1 aliphatic rings. The van der Waals surface area contributed by atoms with E-state index in [1.165, 1.54) is 133 Å². The lowest BCUT2D eigenvalue weighted by Gasteiger charge is -2.39. The van der Waals surface area contributed by atoms with Crippen LogP contribution in [0.25, 0.3) is 0 Å². The van der Waals surface area contributed by atoms with Gasteiger partial charge in [0.1, 0.15) is 0 Å². The Bertz CT molecular complexity index is 570. The molecule has 1 aromatic carbocycles. The first kappa shape index (κ1) is 26.3. The van der Waals surface area contributed by atoms with Crippen molar-refractivity contribution in [1.29, 1.82) is 0 Å². The fourth-order valence-electron chi connectivity index (χ4n) is 5.81. The normalized spacial score (nSPS) is 15.8. The largest absolute Gasteiger partial charge is 0.385 e. The molecule has 0 bridgehead atoms. The zero-order valence-electron chi connectivity index (χ0n) is 21.4. The standard InChI is InChI=1S/C30H53N/c1-4-6-8-10-12-13-16-22-30(23-17-15-18-24-30)29-21-20-28(26-27(29)3)31-25-19-14-11-9-7-5-2/h20-21,26,31H,4-19,22-25H2,1-3H3. The van der Waals surface area contributed by atoms with Crippen LogP contribution in [0.3, 0.4) is 0 Å². The molecule has 0 heterocycles. The first-order valence-corrected chi connectivity index (χ1v) is 14.1. The number of hydrogen-bond acceptors (Lipinski definition) is 1. The van der Waals surface area contributed by atoms with Gasteiger partial charge in [0.2, 0.25) is 0 Å². The van der Waals surface area contributed by atoms with E-state index in [0.717, 1.165) is 6.54 Å². The Morgan fingerprint density at radius 2 is 1.29 bits per heavy atom. The molecule has 0 saturated heterocycles. The van der Waals surface area contributed by atoms with Crippen molar-refractivity contribution in [2.75, 3.05) is 11.9 Å². The van der Waals surface area contributed by atoms with Gasteiger partial charge in [-0.05, 0) is 61.3 Å². The molecule has 31 heavy (non-hydrogen) atoms. The second kappa shape index (κ2) is 15.8. The quantitative estimate of drug-likeness (QED) is 0.244. The minimum atomic E-state index is 0.462. The van der Waals surface area contributed by atoms with E-state index < -0.39 is 0 Å². The summed E-state index contributed by atoms with van der Waals surface area (Å²) in [6.45, 7) is 8.09. The maximum absolute atomic E-state index is 3.70. The van der Waals surface area contributed by atoms with Crippen LogP contribution in [0.1, 0.15) is 147 Å². The van der Waals surface area contributed by atoms with Crippen LogP contribution in [0, 0.1) is 6.92 Å². The van der Waals surface area contributed by atoms with Crippen LogP contribution < -0.4 is 5.32 Å². The topological polar surface area (TPSA) is 12.0 Å². The molecule has 0 radical (unpaired) electrons. The maximum atomic E-state index is 3.70. The second-order valence-electron chi connectivity index (χ2n) is 10.4. The molecule has 0 spiro atoms. The van der Waals surface area contributed by atoms with Crippen molar-refractivity contribution >= 4 is 5.69 Å². The van der Waals surface area contributed by atoms with Crippen molar-refractivity contribution in [2.24, 2.45) is 0 Å². The average Bonchev–Trinajstić information content (AvgIpc) is 2.78. The highest BCUT2D eigenvalue weighted by Crippen LogP contribution is 2.45. The molecule has 1 saturated carbocycles. The number of benzene rings is 1. The Kier molecular flexibility index (Phi) is 13.4. The van der Waals surface area contributed by atoms with E-state index in [1.54, 1.807) is 5.56 Å². The minimum absolute atomic E-state index is 0.462. The molecule has 0 aromatic heterocycles. The van der Waals surface area contributed by atoms with Gasteiger partial charge in [0.05, 0.1) is 0 Å². The van der Waals surface area contributed by atoms with Crippen molar-refractivity contribution in [1.82, 2.24) is 0 Å². The lowest BCUT2D eigenvalue weighted by molar-refractivity contribution is 0.264. The summed E-state index contributed by atoms with van der Waals surface area (Å²) >= 11 is 0. The Morgan fingerprint density at radius 1 is 0.710 bits per heavy atom.